The van der Waals surface area contributed by atoms with E-state index in [-0.39, 0.29) is 6.42 Å². The highest BCUT2D eigenvalue weighted by Gasteiger charge is 2.08. The molecule has 1 rings (SSSR count). The fourth-order valence-corrected chi connectivity index (χ4v) is 1.01. The maximum atomic E-state index is 12.0. The first-order valence-electron chi connectivity index (χ1n) is 3.77. The predicted octanol–water partition coefficient (Wildman–Crippen LogP) is 2.07. The highest BCUT2D eigenvalue weighted by Crippen LogP contribution is 2.12. The predicted molar refractivity (Wildman–Crippen MR) is 43.4 cm³/mol. The van der Waals surface area contributed by atoms with Gasteiger partial charge in [0, 0.05) is 18.3 Å². The molecule has 13 heavy (non-hydrogen) atoms. The van der Waals surface area contributed by atoms with Gasteiger partial charge in [0.15, 0.2) is 0 Å². The Morgan fingerprint density at radius 2 is 2.31 bits per heavy atom. The van der Waals surface area contributed by atoms with E-state index >= 15 is 0 Å². The number of nitriles is 1. The Labute approximate surface area is 74.8 Å². The monoisotopic (exact) mass is 182 g/mol. The van der Waals surface area contributed by atoms with Crippen molar-refractivity contribution in [1.29, 1.82) is 5.26 Å². The van der Waals surface area contributed by atoms with E-state index in [9.17, 15) is 8.78 Å². The second-order valence-corrected chi connectivity index (χ2v) is 2.68. The number of hydrogen-bond donors (Lipinski definition) is 0. The number of pyridine rings is 1. The number of halogens is 2. The highest BCUT2D eigenvalue weighted by atomic mass is 19.3. The lowest BCUT2D eigenvalue weighted by molar-refractivity contribution is 0.148. The lowest BCUT2D eigenvalue weighted by atomic mass is 10.1. The Kier molecular flexibility index (Phi) is 2.91. The van der Waals surface area contributed by atoms with Gasteiger partial charge in [-0.25, -0.2) is 8.78 Å². The van der Waals surface area contributed by atoms with Crippen molar-refractivity contribution in [2.45, 2.75) is 19.8 Å². The standard InChI is InChI=1S/C9H8F2N2/c1-6-8(3-9(10)11)2-7(4-12)5-13-6/h2,5,9H,3H2,1H3. The Bertz CT molecular complexity index is 342. The summed E-state index contributed by atoms with van der Waals surface area (Å²) in [7, 11) is 0. The van der Waals surface area contributed by atoms with E-state index in [0.29, 0.717) is 16.8 Å². The van der Waals surface area contributed by atoms with Gasteiger partial charge in [0.25, 0.3) is 0 Å². The summed E-state index contributed by atoms with van der Waals surface area (Å²) in [6.07, 6.45) is -1.35. The van der Waals surface area contributed by atoms with Crippen molar-refractivity contribution in [3.05, 3.63) is 29.1 Å². The Morgan fingerprint density at radius 3 is 2.85 bits per heavy atom. The van der Waals surface area contributed by atoms with Gasteiger partial charge in [0.1, 0.15) is 6.07 Å². The molecule has 0 N–H and O–H groups in total. The van der Waals surface area contributed by atoms with Crippen molar-refractivity contribution in [2.75, 3.05) is 0 Å². The molecule has 1 heterocycles. The SMILES string of the molecule is Cc1ncc(C#N)cc1CC(F)F. The molecular formula is C9H8F2N2. The van der Waals surface area contributed by atoms with Crippen molar-refractivity contribution >= 4 is 0 Å². The van der Waals surface area contributed by atoms with Crippen molar-refractivity contribution < 1.29 is 8.78 Å². The van der Waals surface area contributed by atoms with Crippen LogP contribution in [-0.4, -0.2) is 11.4 Å². The largest absolute Gasteiger partial charge is 0.260 e. The summed E-state index contributed by atoms with van der Waals surface area (Å²) in [6, 6.07) is 3.31. The number of hydrogen-bond acceptors (Lipinski definition) is 2. The van der Waals surface area contributed by atoms with Gasteiger partial charge in [0.2, 0.25) is 6.43 Å². The van der Waals surface area contributed by atoms with Gasteiger partial charge in [-0.1, -0.05) is 0 Å². The quantitative estimate of drug-likeness (QED) is 0.702. The van der Waals surface area contributed by atoms with E-state index in [1.165, 1.54) is 12.3 Å². The zero-order valence-corrected chi connectivity index (χ0v) is 7.09. The molecule has 0 aromatic carbocycles. The van der Waals surface area contributed by atoms with Crippen molar-refractivity contribution in [3.63, 3.8) is 0 Å². The van der Waals surface area contributed by atoms with Crippen LogP contribution < -0.4 is 0 Å². The number of nitrogens with zero attached hydrogens (tertiary/aromatic N) is 2. The van der Waals surface area contributed by atoms with Crippen LogP contribution in [0.1, 0.15) is 16.8 Å². The first-order valence-corrected chi connectivity index (χ1v) is 3.77. The molecule has 4 heteroatoms. The molecule has 0 bridgehead atoms. The third kappa shape index (κ3) is 2.48. The second kappa shape index (κ2) is 3.94. The van der Waals surface area contributed by atoms with Crippen LogP contribution in [0.3, 0.4) is 0 Å². The van der Waals surface area contributed by atoms with Crippen LogP contribution in [0, 0.1) is 18.3 Å². The first-order chi connectivity index (χ1) is 6.13. The van der Waals surface area contributed by atoms with Crippen LogP contribution >= 0.6 is 0 Å². The minimum absolute atomic E-state index is 0.321. The van der Waals surface area contributed by atoms with Crippen LogP contribution in [0.4, 0.5) is 8.78 Å². The normalized spacial score (nSPS) is 10.1. The molecule has 0 amide bonds. The Balaban J connectivity index is 2.99. The molecule has 2 nitrogen and oxygen atoms in total. The molecule has 0 saturated carbocycles. The van der Waals surface area contributed by atoms with Gasteiger partial charge in [-0.2, -0.15) is 5.26 Å². The van der Waals surface area contributed by atoms with E-state index in [2.05, 4.69) is 4.98 Å². The summed E-state index contributed by atoms with van der Waals surface area (Å²) in [4.78, 5) is 3.85. The molecule has 0 fully saturated rings. The van der Waals surface area contributed by atoms with Gasteiger partial charge in [-0.3, -0.25) is 4.98 Å². The summed E-state index contributed by atoms with van der Waals surface area (Å²) >= 11 is 0. The Morgan fingerprint density at radius 1 is 1.62 bits per heavy atom. The van der Waals surface area contributed by atoms with E-state index < -0.39 is 6.43 Å². The second-order valence-electron chi connectivity index (χ2n) is 2.68. The highest BCUT2D eigenvalue weighted by molar-refractivity contribution is 5.32. The molecule has 0 aliphatic carbocycles. The van der Waals surface area contributed by atoms with Crippen LogP contribution in [0.25, 0.3) is 0 Å². The van der Waals surface area contributed by atoms with Gasteiger partial charge in [-0.05, 0) is 18.6 Å². The zero-order valence-electron chi connectivity index (χ0n) is 7.09. The fourth-order valence-electron chi connectivity index (χ4n) is 1.01. The van der Waals surface area contributed by atoms with E-state index in [0.717, 1.165) is 0 Å². The van der Waals surface area contributed by atoms with E-state index in [4.69, 9.17) is 5.26 Å². The summed E-state index contributed by atoms with van der Waals surface area (Å²) in [6.45, 7) is 1.65. The molecule has 0 unspecified atom stereocenters. The third-order valence-electron chi connectivity index (χ3n) is 1.70. The maximum absolute atomic E-state index is 12.0. The topological polar surface area (TPSA) is 36.7 Å². The van der Waals surface area contributed by atoms with Gasteiger partial charge in [0.05, 0.1) is 5.56 Å². The molecule has 0 saturated heterocycles. The lowest BCUT2D eigenvalue weighted by Gasteiger charge is -2.03. The van der Waals surface area contributed by atoms with Gasteiger partial charge >= 0.3 is 0 Å². The fraction of sp³-hybridized carbons (Fsp3) is 0.333. The Hall–Kier alpha value is -1.50. The minimum atomic E-state index is -2.39. The lowest BCUT2D eigenvalue weighted by Crippen LogP contribution is -2.01. The number of aromatic nitrogens is 1. The number of rotatable bonds is 2. The summed E-state index contributed by atoms with van der Waals surface area (Å²) < 4.78 is 24.1. The van der Waals surface area contributed by atoms with Crippen LogP contribution in [0.15, 0.2) is 12.3 Å². The average Bonchev–Trinajstić information content (AvgIpc) is 2.08. The smallest absolute Gasteiger partial charge is 0.242 e. The first kappa shape index (κ1) is 9.59. The van der Waals surface area contributed by atoms with Crippen molar-refractivity contribution in [3.8, 4) is 6.07 Å². The summed E-state index contributed by atoms with van der Waals surface area (Å²) in [5.41, 5.74) is 1.31. The number of alkyl halides is 2. The van der Waals surface area contributed by atoms with Crippen LogP contribution in [0.2, 0.25) is 0 Å². The van der Waals surface area contributed by atoms with Crippen molar-refractivity contribution in [2.24, 2.45) is 0 Å². The van der Waals surface area contributed by atoms with E-state index in [1.54, 1.807) is 6.92 Å². The number of aryl methyl sites for hydroxylation is 1. The van der Waals surface area contributed by atoms with Crippen molar-refractivity contribution in [1.82, 2.24) is 4.98 Å². The summed E-state index contributed by atoms with van der Waals surface area (Å²) in [5.74, 6) is 0. The molecule has 1 aromatic rings. The average molecular weight is 182 g/mol. The molecule has 0 aliphatic heterocycles. The molecule has 0 spiro atoms. The van der Waals surface area contributed by atoms with Gasteiger partial charge in [-0.15, -0.1) is 0 Å². The molecular weight excluding hydrogens is 174 g/mol. The summed E-state index contributed by atoms with van der Waals surface area (Å²) in [5, 5.41) is 8.51. The maximum Gasteiger partial charge on any atom is 0.242 e. The molecule has 0 atom stereocenters. The molecule has 68 valence electrons. The zero-order chi connectivity index (χ0) is 9.84. The minimum Gasteiger partial charge on any atom is -0.260 e. The van der Waals surface area contributed by atoms with Gasteiger partial charge < -0.3 is 0 Å². The molecule has 0 radical (unpaired) electrons. The van der Waals surface area contributed by atoms with Crippen LogP contribution in [-0.2, 0) is 6.42 Å². The van der Waals surface area contributed by atoms with E-state index in [1.807, 2.05) is 6.07 Å². The van der Waals surface area contributed by atoms with Crippen LogP contribution in [0.5, 0.6) is 0 Å². The molecule has 0 aliphatic rings. The molecule has 1 aromatic heterocycles. The third-order valence-corrected chi connectivity index (χ3v) is 1.70.